The van der Waals surface area contributed by atoms with Gasteiger partial charge < -0.3 is 5.32 Å². The molecule has 0 amide bonds. The molecule has 1 aliphatic heterocycles. The monoisotopic (exact) mass is 275 g/mol. The zero-order valence-electron chi connectivity index (χ0n) is 12.6. The number of aryl methyl sites for hydroxylation is 2. The highest BCUT2D eigenvalue weighted by Crippen LogP contribution is 2.50. The summed E-state index contributed by atoms with van der Waals surface area (Å²) in [5, 5.41) is 3.84. The zero-order valence-corrected chi connectivity index (χ0v) is 12.6. The second-order valence-corrected chi connectivity index (χ2v) is 6.43. The minimum atomic E-state index is 0.417. The highest BCUT2D eigenvalue weighted by Gasteiger charge is 2.38. The number of benzene rings is 2. The smallest absolute Gasteiger partial charge is 0.0554 e. The van der Waals surface area contributed by atoms with Gasteiger partial charge in [-0.2, -0.15) is 0 Å². The molecule has 0 fully saturated rings. The summed E-state index contributed by atoms with van der Waals surface area (Å²) in [7, 11) is 0. The first-order chi connectivity index (χ1) is 10.2. The molecule has 1 aliphatic carbocycles. The van der Waals surface area contributed by atoms with Gasteiger partial charge in [-0.05, 0) is 42.9 Å². The number of nitrogens with one attached hydrogen (secondary N) is 1. The summed E-state index contributed by atoms with van der Waals surface area (Å²) in [6.07, 6.45) is 5.95. The molecule has 0 unspecified atom stereocenters. The van der Waals surface area contributed by atoms with Gasteiger partial charge in [-0.3, -0.25) is 0 Å². The fourth-order valence-corrected chi connectivity index (χ4v) is 4.06. The van der Waals surface area contributed by atoms with Crippen molar-refractivity contribution in [3.63, 3.8) is 0 Å². The minimum absolute atomic E-state index is 0.417. The molecular formula is C20H21N. The quantitative estimate of drug-likeness (QED) is 0.711. The van der Waals surface area contributed by atoms with Gasteiger partial charge in [0, 0.05) is 11.6 Å². The molecule has 0 spiro atoms. The van der Waals surface area contributed by atoms with Gasteiger partial charge in [0.1, 0.15) is 0 Å². The summed E-state index contributed by atoms with van der Waals surface area (Å²) in [4.78, 5) is 0. The third-order valence-electron chi connectivity index (χ3n) is 4.97. The second kappa shape index (κ2) is 4.77. The third kappa shape index (κ3) is 1.99. The topological polar surface area (TPSA) is 12.0 Å². The molecule has 106 valence electrons. The van der Waals surface area contributed by atoms with Crippen LogP contribution < -0.4 is 5.32 Å². The Labute approximate surface area is 126 Å². The van der Waals surface area contributed by atoms with E-state index in [2.05, 4.69) is 73.8 Å². The number of fused-ring (bicyclic) bond motifs is 3. The van der Waals surface area contributed by atoms with Gasteiger partial charge in [-0.25, -0.2) is 0 Å². The molecule has 1 N–H and O–H groups in total. The number of hydrogen-bond acceptors (Lipinski definition) is 1. The molecule has 0 bridgehead atoms. The maximum Gasteiger partial charge on any atom is 0.0554 e. The van der Waals surface area contributed by atoms with Crippen LogP contribution in [0.5, 0.6) is 0 Å². The number of hydrogen-bond donors (Lipinski definition) is 1. The van der Waals surface area contributed by atoms with Crippen molar-refractivity contribution in [2.75, 3.05) is 5.32 Å². The highest BCUT2D eigenvalue weighted by molar-refractivity contribution is 5.65. The molecule has 1 heterocycles. The number of allylic oxidation sites excluding steroid dienone is 2. The minimum Gasteiger partial charge on any atom is -0.377 e. The van der Waals surface area contributed by atoms with E-state index < -0.39 is 0 Å². The zero-order chi connectivity index (χ0) is 14.4. The standard InChI is InChI=1S/C20H21N/c1-13-11-14(2)19-18(12-13)16-9-6-10-17(16)20(21-19)15-7-4-3-5-8-15/h3-9,11-12,16-17,20-21H,10H2,1-2H3/t16-,17+,20-/m1/s1. The van der Waals surface area contributed by atoms with Gasteiger partial charge in [0.05, 0.1) is 6.04 Å². The lowest BCUT2D eigenvalue weighted by atomic mass is 9.76. The Morgan fingerprint density at radius 1 is 1.05 bits per heavy atom. The lowest BCUT2D eigenvalue weighted by Crippen LogP contribution is -2.29. The molecule has 2 aromatic carbocycles. The lowest BCUT2D eigenvalue weighted by molar-refractivity contribution is 0.425. The third-order valence-corrected chi connectivity index (χ3v) is 4.97. The van der Waals surface area contributed by atoms with E-state index >= 15 is 0 Å². The van der Waals surface area contributed by atoms with E-state index in [1.807, 2.05) is 0 Å². The molecule has 21 heavy (non-hydrogen) atoms. The summed E-state index contributed by atoms with van der Waals surface area (Å²) >= 11 is 0. The first-order valence-electron chi connectivity index (χ1n) is 7.83. The normalized spacial score (nSPS) is 26.1. The van der Waals surface area contributed by atoms with Crippen LogP contribution in [0.4, 0.5) is 5.69 Å². The van der Waals surface area contributed by atoms with Crippen molar-refractivity contribution in [1.29, 1.82) is 0 Å². The van der Waals surface area contributed by atoms with E-state index in [-0.39, 0.29) is 0 Å². The molecule has 1 heteroatoms. The summed E-state index contributed by atoms with van der Waals surface area (Å²) in [6.45, 7) is 4.42. The highest BCUT2D eigenvalue weighted by atomic mass is 15.0. The fourth-order valence-electron chi connectivity index (χ4n) is 4.06. The van der Waals surface area contributed by atoms with E-state index in [4.69, 9.17) is 0 Å². The van der Waals surface area contributed by atoms with E-state index in [0.717, 1.165) is 0 Å². The Morgan fingerprint density at radius 3 is 2.67 bits per heavy atom. The van der Waals surface area contributed by atoms with Crippen molar-refractivity contribution in [3.05, 3.63) is 76.9 Å². The summed E-state index contributed by atoms with van der Waals surface area (Å²) < 4.78 is 0. The Kier molecular flexibility index (Phi) is 2.88. The predicted octanol–water partition coefficient (Wildman–Crippen LogP) is 5.13. The molecule has 3 atom stereocenters. The maximum atomic E-state index is 3.84. The summed E-state index contributed by atoms with van der Waals surface area (Å²) in [5.41, 5.74) is 6.97. The van der Waals surface area contributed by atoms with E-state index in [1.54, 1.807) is 0 Å². The number of anilines is 1. The average molecular weight is 275 g/mol. The molecular weight excluding hydrogens is 254 g/mol. The van der Waals surface area contributed by atoms with Gasteiger partial charge >= 0.3 is 0 Å². The van der Waals surface area contributed by atoms with Gasteiger partial charge in [0.2, 0.25) is 0 Å². The average Bonchev–Trinajstić information content (AvgIpc) is 2.97. The molecule has 1 nitrogen and oxygen atoms in total. The molecule has 2 aromatic rings. The lowest BCUT2D eigenvalue weighted by Gasteiger charge is -2.38. The van der Waals surface area contributed by atoms with Gasteiger partial charge in [0.25, 0.3) is 0 Å². The van der Waals surface area contributed by atoms with Crippen LogP contribution in [-0.4, -0.2) is 0 Å². The first kappa shape index (κ1) is 12.7. The van der Waals surface area contributed by atoms with Crippen molar-refractivity contribution in [2.45, 2.75) is 32.2 Å². The van der Waals surface area contributed by atoms with Crippen molar-refractivity contribution in [1.82, 2.24) is 0 Å². The number of rotatable bonds is 1. The molecule has 0 saturated carbocycles. The molecule has 0 saturated heterocycles. The van der Waals surface area contributed by atoms with Gasteiger partial charge in [-0.1, -0.05) is 60.2 Å². The molecule has 2 aliphatic rings. The first-order valence-corrected chi connectivity index (χ1v) is 7.83. The fraction of sp³-hybridized carbons (Fsp3) is 0.300. The van der Waals surface area contributed by atoms with Crippen molar-refractivity contribution >= 4 is 5.69 Å². The van der Waals surface area contributed by atoms with Crippen molar-refractivity contribution in [2.24, 2.45) is 5.92 Å². The SMILES string of the molecule is Cc1cc(C)c2c(c1)[C@@H]1C=CC[C@@H]1[C@@H](c1ccccc1)N2. The maximum absolute atomic E-state index is 3.84. The van der Waals surface area contributed by atoms with Crippen LogP contribution >= 0.6 is 0 Å². The largest absolute Gasteiger partial charge is 0.377 e. The Hall–Kier alpha value is -2.02. The van der Waals surface area contributed by atoms with Crippen LogP contribution in [0.2, 0.25) is 0 Å². The van der Waals surface area contributed by atoms with Crippen LogP contribution in [0.3, 0.4) is 0 Å². The summed E-state index contributed by atoms with van der Waals surface area (Å²) in [6, 6.07) is 16.0. The van der Waals surface area contributed by atoms with Gasteiger partial charge in [0.15, 0.2) is 0 Å². The van der Waals surface area contributed by atoms with Crippen LogP contribution in [-0.2, 0) is 0 Å². The predicted molar refractivity (Wildman–Crippen MR) is 88.7 cm³/mol. The Balaban J connectivity index is 1.84. The Morgan fingerprint density at radius 2 is 1.86 bits per heavy atom. The van der Waals surface area contributed by atoms with Crippen LogP contribution in [0.15, 0.2) is 54.6 Å². The van der Waals surface area contributed by atoms with Crippen molar-refractivity contribution in [3.8, 4) is 0 Å². The van der Waals surface area contributed by atoms with Crippen molar-refractivity contribution < 1.29 is 0 Å². The van der Waals surface area contributed by atoms with Crippen LogP contribution in [0.25, 0.3) is 0 Å². The van der Waals surface area contributed by atoms with Gasteiger partial charge in [-0.15, -0.1) is 0 Å². The molecule has 0 aromatic heterocycles. The summed E-state index contributed by atoms with van der Waals surface area (Å²) in [5.74, 6) is 1.20. The van der Waals surface area contributed by atoms with E-state index in [0.29, 0.717) is 17.9 Å². The van der Waals surface area contributed by atoms with Crippen LogP contribution in [0, 0.1) is 19.8 Å². The van der Waals surface area contributed by atoms with Crippen LogP contribution in [0.1, 0.15) is 40.6 Å². The molecule has 4 rings (SSSR count). The van der Waals surface area contributed by atoms with E-state index in [9.17, 15) is 0 Å². The Bertz CT molecular complexity index is 699. The second-order valence-electron chi connectivity index (χ2n) is 6.43. The molecule has 0 radical (unpaired) electrons. The van der Waals surface area contributed by atoms with E-state index in [1.165, 1.54) is 34.4 Å².